The Morgan fingerprint density at radius 3 is 1.80 bits per heavy atom. The fourth-order valence-corrected chi connectivity index (χ4v) is 6.19. The van der Waals surface area contributed by atoms with Crippen LogP contribution in [0.3, 0.4) is 0 Å². The predicted octanol–water partition coefficient (Wildman–Crippen LogP) is 6.96. The van der Waals surface area contributed by atoms with Crippen molar-refractivity contribution in [2.24, 2.45) is 5.73 Å². The number of fused-ring (bicyclic) bond motifs is 1. The summed E-state index contributed by atoms with van der Waals surface area (Å²) in [6.45, 7) is 3.11. The molecule has 258 valence electrons. The summed E-state index contributed by atoms with van der Waals surface area (Å²) >= 11 is 0. The van der Waals surface area contributed by atoms with Gasteiger partial charge in [0.25, 0.3) is 0 Å². The molecule has 49 heavy (non-hydrogen) atoms. The van der Waals surface area contributed by atoms with Gasteiger partial charge in [-0.2, -0.15) is 0 Å². The first-order chi connectivity index (χ1) is 24.3. The Hall–Kier alpha value is -3.86. The van der Waals surface area contributed by atoms with Crippen LogP contribution in [0.1, 0.15) is 35.1 Å². The quantitative estimate of drug-likeness (QED) is 0.0922. The molecule has 1 aromatic heterocycles. The van der Waals surface area contributed by atoms with Crippen molar-refractivity contribution in [2.45, 2.75) is 69.8 Å². The standard InChI is InChI=1S/C41H48N2O6/c42-23-12-13-24-44-30-37-38(46-27-31-14-4-1-5-15-31)39(47-28-32-16-6-2-7-17-32)40(48-29-33-18-8-3-9-19-33)41(49-37)45-25-22-34-26-43-36-21-11-10-20-35(34)36/h1-11,14-21,26,37-41,43H,12-13,22-25,27-30,42H2/t37-,38-,39+,40-,41+/m1/s1. The van der Waals surface area contributed by atoms with Gasteiger partial charge in [-0.1, -0.05) is 109 Å². The minimum absolute atomic E-state index is 0.322. The molecule has 3 N–H and O–H groups in total. The minimum Gasteiger partial charge on any atom is -0.379 e. The Morgan fingerprint density at radius 2 is 1.16 bits per heavy atom. The van der Waals surface area contributed by atoms with Crippen LogP contribution < -0.4 is 5.73 Å². The largest absolute Gasteiger partial charge is 0.379 e. The van der Waals surface area contributed by atoms with Crippen molar-refractivity contribution in [1.29, 1.82) is 0 Å². The van der Waals surface area contributed by atoms with Crippen molar-refractivity contribution < 1.29 is 28.4 Å². The Bertz CT molecular complexity index is 1630. The third-order valence-corrected chi connectivity index (χ3v) is 8.80. The van der Waals surface area contributed by atoms with Crippen LogP contribution in [0.5, 0.6) is 0 Å². The molecular formula is C41H48N2O6. The highest BCUT2D eigenvalue weighted by Crippen LogP contribution is 2.32. The van der Waals surface area contributed by atoms with Crippen molar-refractivity contribution in [3.05, 3.63) is 144 Å². The van der Waals surface area contributed by atoms with Crippen molar-refractivity contribution in [3.63, 3.8) is 0 Å². The second-order valence-corrected chi connectivity index (χ2v) is 12.4. The number of benzene rings is 4. The smallest absolute Gasteiger partial charge is 0.186 e. The fourth-order valence-electron chi connectivity index (χ4n) is 6.19. The SMILES string of the molecule is NCCCCOC[C@H]1O[C@H](OCCc2c[nH]c3ccccc23)[C@H](OCc2ccccc2)[C@@H](OCc2ccccc2)[C@@H]1OCc1ccccc1. The molecule has 0 amide bonds. The van der Waals surface area contributed by atoms with Gasteiger partial charge in [-0.25, -0.2) is 0 Å². The van der Waals surface area contributed by atoms with Gasteiger partial charge < -0.3 is 39.1 Å². The van der Waals surface area contributed by atoms with Gasteiger partial charge in [-0.15, -0.1) is 0 Å². The average Bonchev–Trinajstić information content (AvgIpc) is 3.57. The van der Waals surface area contributed by atoms with Crippen molar-refractivity contribution >= 4 is 10.9 Å². The number of H-pyrrole nitrogens is 1. The van der Waals surface area contributed by atoms with E-state index in [1.807, 2.05) is 60.7 Å². The topological polar surface area (TPSA) is 97.2 Å². The van der Waals surface area contributed by atoms with Gasteiger partial charge in [0.1, 0.15) is 24.4 Å². The molecule has 1 aliphatic rings. The molecule has 1 fully saturated rings. The molecule has 5 atom stereocenters. The number of aromatic nitrogens is 1. The number of unbranched alkanes of at least 4 members (excludes halogenated alkanes) is 1. The van der Waals surface area contributed by atoms with Crippen molar-refractivity contribution in [2.75, 3.05) is 26.4 Å². The van der Waals surface area contributed by atoms with Gasteiger partial charge in [0.2, 0.25) is 0 Å². The van der Waals surface area contributed by atoms with Crippen LogP contribution in [0.2, 0.25) is 0 Å². The Balaban J connectivity index is 1.27. The van der Waals surface area contributed by atoms with Crippen LogP contribution in [-0.4, -0.2) is 62.1 Å². The number of ether oxygens (including phenoxy) is 6. The summed E-state index contributed by atoms with van der Waals surface area (Å²) < 4.78 is 39.8. The van der Waals surface area contributed by atoms with E-state index in [2.05, 4.69) is 65.8 Å². The van der Waals surface area contributed by atoms with E-state index in [9.17, 15) is 0 Å². The van der Waals surface area contributed by atoms with Crippen LogP contribution in [0.25, 0.3) is 10.9 Å². The number of rotatable bonds is 19. The number of hydrogen-bond acceptors (Lipinski definition) is 7. The van der Waals surface area contributed by atoms with Gasteiger partial charge in [-0.05, 0) is 54.1 Å². The highest BCUT2D eigenvalue weighted by molar-refractivity contribution is 5.83. The lowest BCUT2D eigenvalue weighted by molar-refractivity contribution is -0.328. The van der Waals surface area contributed by atoms with Gasteiger partial charge >= 0.3 is 0 Å². The third kappa shape index (κ3) is 10.1. The zero-order valence-electron chi connectivity index (χ0n) is 28.0. The van der Waals surface area contributed by atoms with Crippen LogP contribution in [0.15, 0.2) is 121 Å². The normalized spacial score (nSPS) is 20.9. The maximum absolute atomic E-state index is 6.80. The fraction of sp³-hybridized carbons (Fsp3) is 0.366. The summed E-state index contributed by atoms with van der Waals surface area (Å²) in [4.78, 5) is 3.37. The van der Waals surface area contributed by atoms with E-state index in [-0.39, 0.29) is 0 Å². The van der Waals surface area contributed by atoms with E-state index >= 15 is 0 Å². The summed E-state index contributed by atoms with van der Waals surface area (Å²) in [6.07, 6.45) is 1.76. The molecule has 1 saturated heterocycles. The molecule has 8 nitrogen and oxygen atoms in total. The molecule has 0 unspecified atom stereocenters. The maximum atomic E-state index is 6.80. The van der Waals surface area contributed by atoms with Crippen LogP contribution in [-0.2, 0) is 54.7 Å². The van der Waals surface area contributed by atoms with E-state index in [1.54, 1.807) is 0 Å². The molecule has 0 radical (unpaired) electrons. The molecule has 8 heteroatoms. The molecule has 2 heterocycles. The first-order valence-corrected chi connectivity index (χ1v) is 17.3. The highest BCUT2D eigenvalue weighted by Gasteiger charge is 2.49. The molecule has 6 rings (SSSR count). The molecular weight excluding hydrogens is 616 g/mol. The lowest BCUT2D eigenvalue weighted by Gasteiger charge is -2.46. The lowest BCUT2D eigenvalue weighted by atomic mass is 9.97. The summed E-state index contributed by atoms with van der Waals surface area (Å²) in [5.41, 5.74) is 11.2. The summed E-state index contributed by atoms with van der Waals surface area (Å²) in [5, 5.41) is 1.19. The second kappa shape index (κ2) is 18.8. The van der Waals surface area contributed by atoms with Gasteiger partial charge in [-0.3, -0.25) is 0 Å². The second-order valence-electron chi connectivity index (χ2n) is 12.4. The Labute approximate surface area is 289 Å². The summed E-state index contributed by atoms with van der Waals surface area (Å²) in [6, 6.07) is 38.7. The van der Waals surface area contributed by atoms with Crippen LogP contribution in [0, 0.1) is 0 Å². The lowest BCUT2D eigenvalue weighted by Crippen LogP contribution is -2.61. The number of aromatic amines is 1. The van der Waals surface area contributed by atoms with Crippen LogP contribution >= 0.6 is 0 Å². The van der Waals surface area contributed by atoms with Gasteiger partial charge in [0, 0.05) is 23.7 Å². The number of nitrogens with two attached hydrogens (primary N) is 1. The molecule has 0 aliphatic carbocycles. The van der Waals surface area contributed by atoms with E-state index in [1.165, 1.54) is 10.9 Å². The third-order valence-electron chi connectivity index (χ3n) is 8.80. The minimum atomic E-state index is -0.719. The number of para-hydroxylation sites is 1. The van der Waals surface area contributed by atoms with Gasteiger partial charge in [0.15, 0.2) is 6.29 Å². The Kier molecular flexibility index (Phi) is 13.4. The van der Waals surface area contributed by atoms with E-state index in [0.717, 1.165) is 35.0 Å². The maximum Gasteiger partial charge on any atom is 0.186 e. The Morgan fingerprint density at radius 1 is 0.592 bits per heavy atom. The van der Waals surface area contributed by atoms with E-state index < -0.39 is 30.7 Å². The van der Waals surface area contributed by atoms with E-state index in [0.29, 0.717) is 52.6 Å². The molecule has 0 saturated carbocycles. The van der Waals surface area contributed by atoms with Crippen molar-refractivity contribution in [3.8, 4) is 0 Å². The van der Waals surface area contributed by atoms with Crippen molar-refractivity contribution in [1.82, 2.24) is 4.98 Å². The first kappa shape index (κ1) is 35.0. The molecule has 1 aliphatic heterocycles. The summed E-state index contributed by atoms with van der Waals surface area (Å²) in [5.74, 6) is 0. The molecule has 4 aromatic carbocycles. The summed E-state index contributed by atoms with van der Waals surface area (Å²) in [7, 11) is 0. The molecule has 0 bridgehead atoms. The van der Waals surface area contributed by atoms with Crippen LogP contribution in [0.4, 0.5) is 0 Å². The zero-order valence-corrected chi connectivity index (χ0v) is 28.0. The predicted molar refractivity (Wildman–Crippen MR) is 191 cm³/mol. The van der Waals surface area contributed by atoms with E-state index in [4.69, 9.17) is 34.2 Å². The first-order valence-electron chi connectivity index (χ1n) is 17.3. The zero-order chi connectivity index (χ0) is 33.5. The molecule has 5 aromatic rings. The highest BCUT2D eigenvalue weighted by atomic mass is 16.7. The number of nitrogens with one attached hydrogen (secondary N) is 1. The average molecular weight is 665 g/mol. The monoisotopic (exact) mass is 664 g/mol. The van der Waals surface area contributed by atoms with Gasteiger partial charge in [0.05, 0.1) is 33.0 Å². The molecule has 0 spiro atoms. The number of hydrogen-bond donors (Lipinski definition) is 2.